The number of carbonyl (C=O) groups is 2. The molecule has 1 aromatic rings. The third-order valence-electron chi connectivity index (χ3n) is 2.82. The zero-order valence-corrected chi connectivity index (χ0v) is 11.8. The van der Waals surface area contributed by atoms with E-state index in [0.29, 0.717) is 44.4 Å². The van der Waals surface area contributed by atoms with Crippen LogP contribution in [0.15, 0.2) is 18.3 Å². The summed E-state index contributed by atoms with van der Waals surface area (Å²) in [5.74, 6) is 0.418. The summed E-state index contributed by atoms with van der Waals surface area (Å²) in [6.07, 6.45) is 0.913. The van der Waals surface area contributed by atoms with Crippen molar-refractivity contribution in [2.75, 3.05) is 43.5 Å². The minimum atomic E-state index is -0.538. The van der Waals surface area contributed by atoms with Crippen LogP contribution < -0.4 is 10.6 Å². The normalized spacial score (nSPS) is 14.4. The van der Waals surface area contributed by atoms with Crippen LogP contribution in [0.25, 0.3) is 0 Å². The average Bonchev–Trinajstić information content (AvgIpc) is 2.50. The van der Waals surface area contributed by atoms with E-state index in [2.05, 4.69) is 15.6 Å². The molecule has 0 bridgehead atoms. The molecule has 1 aliphatic heterocycles. The highest BCUT2D eigenvalue weighted by Crippen LogP contribution is 2.11. The van der Waals surface area contributed by atoms with Crippen molar-refractivity contribution in [3.8, 4) is 0 Å². The lowest BCUT2D eigenvalue weighted by atomic mass is 10.4. The number of rotatable bonds is 3. The molecule has 8 nitrogen and oxygen atoms in total. The van der Waals surface area contributed by atoms with Crippen LogP contribution in [-0.2, 0) is 9.47 Å². The Labute approximate surface area is 122 Å². The van der Waals surface area contributed by atoms with E-state index < -0.39 is 6.09 Å². The molecular formula is C13H18N4O4. The fourth-order valence-electron chi connectivity index (χ4n) is 1.78. The Bertz CT molecular complexity index is 485. The standard InChI is InChI=1S/C13H18N4O4/c1-2-21-13(19)15-10-3-4-11(14-9-10)16-12(18)17-5-7-20-8-6-17/h3-4,9H,2,5-8H2,1H3,(H,15,19)(H,14,16,18). The summed E-state index contributed by atoms with van der Waals surface area (Å²) in [6, 6.07) is 3.04. The van der Waals surface area contributed by atoms with Crippen molar-refractivity contribution >= 4 is 23.6 Å². The second-order valence-electron chi connectivity index (χ2n) is 4.31. The van der Waals surface area contributed by atoms with Crippen molar-refractivity contribution in [1.29, 1.82) is 0 Å². The molecule has 114 valence electrons. The van der Waals surface area contributed by atoms with Crippen molar-refractivity contribution in [3.63, 3.8) is 0 Å². The van der Waals surface area contributed by atoms with Gasteiger partial charge >= 0.3 is 12.1 Å². The number of nitrogens with zero attached hydrogens (tertiary/aromatic N) is 2. The van der Waals surface area contributed by atoms with Gasteiger partial charge in [0.25, 0.3) is 0 Å². The van der Waals surface area contributed by atoms with Crippen LogP contribution in [0.2, 0.25) is 0 Å². The number of urea groups is 1. The van der Waals surface area contributed by atoms with Crippen molar-refractivity contribution in [2.45, 2.75) is 6.92 Å². The van der Waals surface area contributed by atoms with Gasteiger partial charge in [0.15, 0.2) is 0 Å². The minimum absolute atomic E-state index is 0.211. The molecule has 0 spiro atoms. The highest BCUT2D eigenvalue weighted by atomic mass is 16.5. The molecule has 2 heterocycles. The largest absolute Gasteiger partial charge is 0.450 e. The monoisotopic (exact) mass is 294 g/mol. The molecule has 2 rings (SSSR count). The molecular weight excluding hydrogens is 276 g/mol. The molecule has 0 aromatic carbocycles. The Morgan fingerprint density at radius 3 is 2.71 bits per heavy atom. The Kier molecular flexibility index (Phi) is 5.33. The van der Waals surface area contributed by atoms with Crippen molar-refractivity contribution < 1.29 is 19.1 Å². The van der Waals surface area contributed by atoms with E-state index in [1.54, 1.807) is 24.0 Å². The zero-order valence-electron chi connectivity index (χ0n) is 11.8. The van der Waals surface area contributed by atoms with E-state index in [-0.39, 0.29) is 6.03 Å². The van der Waals surface area contributed by atoms with Crippen LogP contribution in [0.5, 0.6) is 0 Å². The SMILES string of the molecule is CCOC(=O)Nc1ccc(NC(=O)N2CCOCC2)nc1. The molecule has 0 radical (unpaired) electrons. The lowest BCUT2D eigenvalue weighted by Gasteiger charge is -2.26. The van der Waals surface area contributed by atoms with E-state index in [4.69, 9.17) is 9.47 Å². The van der Waals surface area contributed by atoms with Gasteiger partial charge in [-0.15, -0.1) is 0 Å². The zero-order chi connectivity index (χ0) is 15.1. The van der Waals surface area contributed by atoms with E-state index in [1.807, 2.05) is 0 Å². The van der Waals surface area contributed by atoms with E-state index >= 15 is 0 Å². The maximum Gasteiger partial charge on any atom is 0.411 e. The van der Waals surface area contributed by atoms with E-state index in [1.165, 1.54) is 6.20 Å². The summed E-state index contributed by atoms with van der Waals surface area (Å²) in [5.41, 5.74) is 0.498. The van der Waals surface area contributed by atoms with Crippen molar-refractivity contribution in [1.82, 2.24) is 9.88 Å². The summed E-state index contributed by atoms with van der Waals surface area (Å²) >= 11 is 0. The van der Waals surface area contributed by atoms with Gasteiger partial charge < -0.3 is 14.4 Å². The maximum absolute atomic E-state index is 11.9. The third-order valence-corrected chi connectivity index (χ3v) is 2.82. The molecule has 2 N–H and O–H groups in total. The highest BCUT2D eigenvalue weighted by molar-refractivity contribution is 5.89. The van der Waals surface area contributed by atoms with E-state index in [0.717, 1.165) is 0 Å². The molecule has 1 fully saturated rings. The number of pyridine rings is 1. The maximum atomic E-state index is 11.9. The number of hydrogen-bond acceptors (Lipinski definition) is 5. The molecule has 1 saturated heterocycles. The Hall–Kier alpha value is -2.35. The molecule has 1 aliphatic rings. The summed E-state index contributed by atoms with van der Waals surface area (Å²) in [7, 11) is 0. The van der Waals surface area contributed by atoms with Crippen LogP contribution in [0, 0.1) is 0 Å². The van der Waals surface area contributed by atoms with Gasteiger partial charge in [0.2, 0.25) is 0 Å². The second kappa shape index (κ2) is 7.44. The first-order valence-corrected chi connectivity index (χ1v) is 6.72. The van der Waals surface area contributed by atoms with Gasteiger partial charge in [-0.1, -0.05) is 0 Å². The van der Waals surface area contributed by atoms with Crippen LogP contribution in [-0.4, -0.2) is 54.9 Å². The third kappa shape index (κ3) is 4.60. The summed E-state index contributed by atoms with van der Waals surface area (Å²) in [4.78, 5) is 28.9. The van der Waals surface area contributed by atoms with Crippen LogP contribution >= 0.6 is 0 Å². The summed E-state index contributed by atoms with van der Waals surface area (Å²) < 4.78 is 9.94. The molecule has 0 unspecified atom stereocenters. The van der Waals surface area contributed by atoms with Gasteiger partial charge in [-0.3, -0.25) is 10.6 Å². The van der Waals surface area contributed by atoms with Crippen LogP contribution in [0.1, 0.15) is 6.92 Å². The van der Waals surface area contributed by atoms with E-state index in [9.17, 15) is 9.59 Å². The Morgan fingerprint density at radius 2 is 2.10 bits per heavy atom. The van der Waals surface area contributed by atoms with Gasteiger partial charge in [0.1, 0.15) is 5.82 Å². The van der Waals surface area contributed by atoms with Gasteiger partial charge in [0.05, 0.1) is 31.7 Å². The minimum Gasteiger partial charge on any atom is -0.450 e. The number of carbonyl (C=O) groups excluding carboxylic acids is 2. The fourth-order valence-corrected chi connectivity index (χ4v) is 1.78. The predicted molar refractivity (Wildman–Crippen MR) is 76.3 cm³/mol. The lowest BCUT2D eigenvalue weighted by Crippen LogP contribution is -2.43. The molecule has 8 heteroatoms. The smallest absolute Gasteiger partial charge is 0.411 e. The summed E-state index contributed by atoms with van der Waals surface area (Å²) in [6.45, 7) is 4.24. The summed E-state index contributed by atoms with van der Waals surface area (Å²) in [5, 5.41) is 5.22. The number of morpholine rings is 1. The Balaban J connectivity index is 1.86. The first-order chi connectivity index (χ1) is 10.2. The lowest BCUT2D eigenvalue weighted by molar-refractivity contribution is 0.0564. The first kappa shape index (κ1) is 15.0. The topological polar surface area (TPSA) is 92.8 Å². The van der Waals surface area contributed by atoms with Crippen LogP contribution in [0.4, 0.5) is 21.1 Å². The molecule has 0 saturated carbocycles. The van der Waals surface area contributed by atoms with Gasteiger partial charge in [-0.25, -0.2) is 14.6 Å². The number of nitrogens with one attached hydrogen (secondary N) is 2. The highest BCUT2D eigenvalue weighted by Gasteiger charge is 2.16. The fraction of sp³-hybridized carbons (Fsp3) is 0.462. The number of ether oxygens (including phenoxy) is 2. The molecule has 0 aliphatic carbocycles. The van der Waals surface area contributed by atoms with Gasteiger partial charge in [-0.05, 0) is 19.1 Å². The molecule has 0 atom stereocenters. The van der Waals surface area contributed by atoms with Gasteiger partial charge in [-0.2, -0.15) is 0 Å². The number of anilines is 2. The molecule has 3 amide bonds. The van der Waals surface area contributed by atoms with Crippen molar-refractivity contribution in [3.05, 3.63) is 18.3 Å². The second-order valence-corrected chi connectivity index (χ2v) is 4.31. The predicted octanol–water partition coefficient (Wildman–Crippen LogP) is 1.51. The molecule has 1 aromatic heterocycles. The quantitative estimate of drug-likeness (QED) is 0.881. The molecule has 21 heavy (non-hydrogen) atoms. The Morgan fingerprint density at radius 1 is 1.33 bits per heavy atom. The van der Waals surface area contributed by atoms with Crippen molar-refractivity contribution in [2.24, 2.45) is 0 Å². The van der Waals surface area contributed by atoms with Gasteiger partial charge in [0, 0.05) is 13.1 Å². The first-order valence-electron chi connectivity index (χ1n) is 6.72. The number of aromatic nitrogens is 1. The van der Waals surface area contributed by atoms with Crippen LogP contribution in [0.3, 0.4) is 0 Å². The average molecular weight is 294 g/mol. The number of hydrogen-bond donors (Lipinski definition) is 2. The number of amides is 3.